The van der Waals surface area contributed by atoms with Gasteiger partial charge in [0.15, 0.2) is 5.56 Å². The summed E-state index contributed by atoms with van der Waals surface area (Å²) in [5.41, 5.74) is 1.17. The summed E-state index contributed by atoms with van der Waals surface area (Å²) >= 11 is 1.75. The molecule has 7 heteroatoms. The molecule has 0 spiro atoms. The number of benzene rings is 1. The fraction of sp³-hybridized carbons (Fsp3) is 0.250. The lowest BCUT2D eigenvalue weighted by atomic mass is 10.00. The molecule has 0 saturated carbocycles. The zero-order chi connectivity index (χ0) is 16.6. The van der Waals surface area contributed by atoms with E-state index in [1.807, 2.05) is 18.2 Å². The summed E-state index contributed by atoms with van der Waals surface area (Å²) < 4.78 is 0. The fourth-order valence-electron chi connectivity index (χ4n) is 2.71. The molecule has 0 amide bonds. The molecule has 23 heavy (non-hydrogen) atoms. The summed E-state index contributed by atoms with van der Waals surface area (Å²) in [5, 5.41) is 22.6. The number of thioether (sulfide) groups is 1. The van der Waals surface area contributed by atoms with E-state index in [1.165, 1.54) is 0 Å². The molecule has 0 saturated heterocycles. The van der Waals surface area contributed by atoms with Crippen LogP contribution in [0.4, 0.5) is 5.69 Å². The Labute approximate surface area is 136 Å². The molecular formula is C16H16N2O4S. The van der Waals surface area contributed by atoms with Crippen LogP contribution in [0, 0.1) is 0 Å². The molecule has 1 aliphatic heterocycles. The maximum Gasteiger partial charge on any atom is 0.345 e. The number of pyridine rings is 1. The quantitative estimate of drug-likeness (QED) is 0.689. The predicted molar refractivity (Wildman–Crippen MR) is 89.7 cm³/mol. The van der Waals surface area contributed by atoms with Crippen molar-refractivity contribution >= 4 is 23.4 Å². The van der Waals surface area contributed by atoms with E-state index in [-0.39, 0.29) is 0 Å². The van der Waals surface area contributed by atoms with Crippen molar-refractivity contribution in [3.05, 3.63) is 39.7 Å². The molecule has 4 N–H and O–H groups in total. The second kappa shape index (κ2) is 6.00. The van der Waals surface area contributed by atoms with Crippen LogP contribution < -0.4 is 10.9 Å². The van der Waals surface area contributed by atoms with Gasteiger partial charge in [0, 0.05) is 34.0 Å². The first-order chi connectivity index (χ1) is 11.0. The Bertz CT molecular complexity index is 845. The number of nitrogens with one attached hydrogen (secondary N) is 2. The lowest BCUT2D eigenvalue weighted by Gasteiger charge is -2.19. The highest BCUT2D eigenvalue weighted by Gasteiger charge is 2.22. The number of carboxylic acid groups (broad SMARTS) is 1. The van der Waals surface area contributed by atoms with Crippen LogP contribution in [0.15, 0.2) is 27.9 Å². The van der Waals surface area contributed by atoms with E-state index >= 15 is 0 Å². The number of anilines is 1. The van der Waals surface area contributed by atoms with Gasteiger partial charge in [0.2, 0.25) is 0 Å². The summed E-state index contributed by atoms with van der Waals surface area (Å²) in [6.45, 7) is 2.66. The van der Waals surface area contributed by atoms with Gasteiger partial charge in [0.1, 0.15) is 5.75 Å². The minimum atomic E-state index is -1.44. The molecule has 1 aromatic heterocycles. The van der Waals surface area contributed by atoms with Crippen molar-refractivity contribution in [2.75, 3.05) is 17.6 Å². The molecule has 1 aliphatic rings. The number of rotatable bonds is 3. The fourth-order valence-corrected chi connectivity index (χ4v) is 3.59. The largest absolute Gasteiger partial charge is 0.506 e. The molecule has 2 heterocycles. The van der Waals surface area contributed by atoms with Gasteiger partial charge in [-0.15, -0.1) is 11.8 Å². The average molecular weight is 332 g/mol. The second-order valence-corrected chi connectivity index (χ2v) is 6.31. The zero-order valence-electron chi connectivity index (χ0n) is 12.5. The molecule has 6 nitrogen and oxygen atoms in total. The SMILES string of the molecule is CCc1c(-c2ccc3c(c2)NCCS3)[nH]c(=O)c(C(=O)O)c1O. The van der Waals surface area contributed by atoms with Crippen molar-refractivity contribution < 1.29 is 15.0 Å². The van der Waals surface area contributed by atoms with Gasteiger partial charge >= 0.3 is 5.97 Å². The first kappa shape index (κ1) is 15.5. The molecule has 0 bridgehead atoms. The maximum absolute atomic E-state index is 12.0. The minimum absolute atomic E-state index is 0.400. The second-order valence-electron chi connectivity index (χ2n) is 5.18. The molecule has 0 unspecified atom stereocenters. The van der Waals surface area contributed by atoms with Gasteiger partial charge in [0.25, 0.3) is 5.56 Å². The van der Waals surface area contributed by atoms with Crippen LogP contribution in [0.25, 0.3) is 11.3 Å². The molecular weight excluding hydrogens is 316 g/mol. The minimum Gasteiger partial charge on any atom is -0.506 e. The number of H-pyrrole nitrogens is 1. The Morgan fingerprint density at radius 3 is 2.87 bits per heavy atom. The normalized spacial score (nSPS) is 13.3. The van der Waals surface area contributed by atoms with Crippen LogP contribution in [0.5, 0.6) is 5.75 Å². The number of carboxylic acids is 1. The van der Waals surface area contributed by atoms with Gasteiger partial charge in [-0.3, -0.25) is 4.79 Å². The molecule has 0 radical (unpaired) electrons. The van der Waals surface area contributed by atoms with Crippen LogP contribution in [-0.2, 0) is 6.42 Å². The van der Waals surface area contributed by atoms with Gasteiger partial charge in [0.05, 0.1) is 5.69 Å². The standard InChI is InChI=1S/C16H16N2O4S/c1-2-9-13(18-15(20)12(14(9)19)16(21)22)8-3-4-11-10(7-8)17-5-6-23-11/h3-4,7,17H,2,5-6H2,1H3,(H,21,22)(H2,18,19,20). The Morgan fingerprint density at radius 1 is 1.39 bits per heavy atom. The van der Waals surface area contributed by atoms with Crippen molar-refractivity contribution in [3.8, 4) is 17.0 Å². The highest BCUT2D eigenvalue weighted by Crippen LogP contribution is 2.36. The number of fused-ring (bicyclic) bond motifs is 1. The molecule has 0 aliphatic carbocycles. The summed E-state index contributed by atoms with van der Waals surface area (Å²) in [6.07, 6.45) is 0.400. The molecule has 2 aromatic rings. The van der Waals surface area contributed by atoms with E-state index in [1.54, 1.807) is 18.7 Å². The third kappa shape index (κ3) is 2.68. The van der Waals surface area contributed by atoms with Crippen LogP contribution in [0.2, 0.25) is 0 Å². The highest BCUT2D eigenvalue weighted by molar-refractivity contribution is 7.99. The number of aromatic amines is 1. The lowest BCUT2D eigenvalue weighted by molar-refractivity contribution is 0.0691. The van der Waals surface area contributed by atoms with Gasteiger partial charge in [-0.05, 0) is 18.6 Å². The number of carbonyl (C=O) groups is 1. The Balaban J connectivity index is 2.20. The number of aromatic carboxylic acids is 1. The van der Waals surface area contributed by atoms with Crippen LogP contribution in [-0.4, -0.2) is 33.5 Å². The van der Waals surface area contributed by atoms with Crippen LogP contribution in [0.3, 0.4) is 0 Å². The topological polar surface area (TPSA) is 102 Å². The van der Waals surface area contributed by atoms with Crippen molar-refractivity contribution in [2.45, 2.75) is 18.2 Å². The smallest absolute Gasteiger partial charge is 0.345 e. The van der Waals surface area contributed by atoms with Crippen LogP contribution in [0.1, 0.15) is 22.8 Å². The number of aromatic hydroxyl groups is 1. The summed E-state index contributed by atoms with van der Waals surface area (Å²) in [7, 11) is 0. The van der Waals surface area contributed by atoms with E-state index in [0.29, 0.717) is 17.7 Å². The first-order valence-corrected chi connectivity index (χ1v) is 8.24. The van der Waals surface area contributed by atoms with Crippen molar-refractivity contribution in [1.82, 2.24) is 4.98 Å². The van der Waals surface area contributed by atoms with Crippen molar-refractivity contribution in [2.24, 2.45) is 0 Å². The number of hydrogen-bond acceptors (Lipinski definition) is 5. The summed E-state index contributed by atoms with van der Waals surface area (Å²) in [6, 6.07) is 5.73. The van der Waals surface area contributed by atoms with E-state index in [4.69, 9.17) is 5.11 Å². The van der Waals surface area contributed by atoms with Gasteiger partial charge in [-0.2, -0.15) is 0 Å². The van der Waals surface area contributed by atoms with Crippen LogP contribution >= 0.6 is 11.8 Å². The average Bonchev–Trinajstić information content (AvgIpc) is 2.53. The molecule has 3 rings (SSSR count). The Hall–Kier alpha value is -2.41. The van der Waals surface area contributed by atoms with E-state index in [2.05, 4.69) is 10.3 Å². The number of hydrogen-bond donors (Lipinski definition) is 4. The summed E-state index contributed by atoms with van der Waals surface area (Å²) in [5.74, 6) is -0.899. The van der Waals surface area contributed by atoms with E-state index in [0.717, 1.165) is 28.4 Å². The third-order valence-corrected chi connectivity index (χ3v) is 4.88. The zero-order valence-corrected chi connectivity index (χ0v) is 13.3. The number of aromatic nitrogens is 1. The van der Waals surface area contributed by atoms with Gasteiger partial charge in [-0.25, -0.2) is 4.79 Å². The highest BCUT2D eigenvalue weighted by atomic mass is 32.2. The molecule has 0 fully saturated rings. The maximum atomic E-state index is 12.0. The summed E-state index contributed by atoms with van der Waals surface area (Å²) in [4.78, 5) is 26.9. The van der Waals surface area contributed by atoms with Gasteiger partial charge in [-0.1, -0.05) is 13.0 Å². The lowest BCUT2D eigenvalue weighted by Crippen LogP contribution is -2.20. The van der Waals surface area contributed by atoms with Crippen molar-refractivity contribution in [1.29, 1.82) is 0 Å². The Kier molecular flexibility index (Phi) is 4.04. The monoisotopic (exact) mass is 332 g/mol. The predicted octanol–water partition coefficient (Wildman–Crippen LogP) is 2.53. The molecule has 120 valence electrons. The third-order valence-electron chi connectivity index (χ3n) is 3.80. The van der Waals surface area contributed by atoms with Gasteiger partial charge < -0.3 is 20.5 Å². The molecule has 0 atom stereocenters. The van der Waals surface area contributed by atoms with E-state index < -0.39 is 22.8 Å². The first-order valence-electron chi connectivity index (χ1n) is 7.25. The molecule has 1 aromatic carbocycles. The van der Waals surface area contributed by atoms with E-state index in [9.17, 15) is 14.7 Å². The van der Waals surface area contributed by atoms with Crippen molar-refractivity contribution in [3.63, 3.8) is 0 Å². The Morgan fingerprint density at radius 2 is 2.17 bits per heavy atom.